The third-order valence-electron chi connectivity index (χ3n) is 4.92. The van der Waals surface area contributed by atoms with Crippen LogP contribution in [0.2, 0.25) is 10.0 Å². The van der Waals surface area contributed by atoms with Crippen molar-refractivity contribution in [3.05, 3.63) is 99.0 Å². The van der Waals surface area contributed by atoms with Crippen LogP contribution in [-0.4, -0.2) is 16.8 Å². The van der Waals surface area contributed by atoms with Gasteiger partial charge in [-0.25, -0.2) is 9.87 Å². The predicted molar refractivity (Wildman–Crippen MR) is 113 cm³/mol. The quantitative estimate of drug-likeness (QED) is 0.556. The van der Waals surface area contributed by atoms with Gasteiger partial charge in [-0.05, 0) is 41.5 Å². The van der Waals surface area contributed by atoms with Gasteiger partial charge in [0.2, 0.25) is 0 Å². The number of nitrogens with zero attached hydrogens (tertiary/aromatic N) is 1. The first kappa shape index (κ1) is 21.2. The van der Waals surface area contributed by atoms with Crippen molar-refractivity contribution in [3.8, 4) is 0 Å². The number of aromatic nitrogens is 1. The van der Waals surface area contributed by atoms with E-state index in [4.69, 9.17) is 28.0 Å². The van der Waals surface area contributed by atoms with Crippen LogP contribution in [0.25, 0.3) is 0 Å². The molecule has 2 heterocycles. The summed E-state index contributed by atoms with van der Waals surface area (Å²) in [6.45, 7) is -0.0564. The van der Waals surface area contributed by atoms with Gasteiger partial charge in [-0.3, -0.25) is 19.4 Å². The second-order valence-corrected chi connectivity index (χ2v) is 7.75. The molecule has 4 rings (SSSR count). The first-order valence-electron chi connectivity index (χ1n) is 9.31. The number of pyridine rings is 1. The molecule has 0 saturated carbocycles. The van der Waals surface area contributed by atoms with E-state index in [9.17, 15) is 14.0 Å². The molecule has 1 aliphatic heterocycles. The largest absolute Gasteiger partial charge is 0.344 e. The number of benzene rings is 2. The summed E-state index contributed by atoms with van der Waals surface area (Å²) in [6, 6.07) is 13.7. The molecule has 0 radical (unpaired) electrons. The van der Waals surface area contributed by atoms with Crippen LogP contribution < -0.4 is 10.8 Å². The fourth-order valence-corrected chi connectivity index (χ4v) is 4.02. The molecule has 2 amide bonds. The van der Waals surface area contributed by atoms with Gasteiger partial charge >= 0.3 is 0 Å². The van der Waals surface area contributed by atoms with Gasteiger partial charge in [0.25, 0.3) is 11.8 Å². The number of carbonyl (C=O) groups is 2. The lowest BCUT2D eigenvalue weighted by molar-refractivity contribution is -0.137. The van der Waals surface area contributed by atoms with Gasteiger partial charge in [0.15, 0.2) is 0 Å². The Kier molecular flexibility index (Phi) is 6.18. The van der Waals surface area contributed by atoms with Crippen LogP contribution in [-0.2, 0) is 16.2 Å². The molecule has 0 unspecified atom stereocenters. The van der Waals surface area contributed by atoms with E-state index in [1.807, 2.05) is 0 Å². The van der Waals surface area contributed by atoms with Crippen molar-refractivity contribution >= 4 is 35.0 Å². The molecule has 31 heavy (non-hydrogen) atoms. The van der Waals surface area contributed by atoms with Gasteiger partial charge in [-0.15, -0.1) is 0 Å². The number of hydrogen-bond acceptors (Lipinski definition) is 4. The van der Waals surface area contributed by atoms with Gasteiger partial charge in [0.05, 0.1) is 23.9 Å². The Hall–Kier alpha value is -3.00. The summed E-state index contributed by atoms with van der Waals surface area (Å²) in [4.78, 5) is 35.0. The van der Waals surface area contributed by atoms with Crippen molar-refractivity contribution in [2.75, 3.05) is 0 Å². The Labute approximate surface area is 187 Å². The Morgan fingerprint density at radius 1 is 1.13 bits per heavy atom. The molecule has 0 saturated heterocycles. The van der Waals surface area contributed by atoms with E-state index in [-0.39, 0.29) is 12.5 Å². The molecule has 2 atom stereocenters. The van der Waals surface area contributed by atoms with E-state index in [0.717, 1.165) is 6.20 Å². The van der Waals surface area contributed by atoms with Crippen molar-refractivity contribution < 1.29 is 18.8 Å². The number of carbonyl (C=O) groups excluding carboxylic acids is 2. The number of amides is 2. The minimum absolute atomic E-state index is 0.0564. The van der Waals surface area contributed by atoms with E-state index >= 15 is 0 Å². The summed E-state index contributed by atoms with van der Waals surface area (Å²) in [7, 11) is 0. The first-order chi connectivity index (χ1) is 14.9. The van der Waals surface area contributed by atoms with Crippen LogP contribution in [0.3, 0.4) is 0 Å². The number of hydrogen-bond donors (Lipinski definition) is 2. The van der Waals surface area contributed by atoms with Gasteiger partial charge in [-0.1, -0.05) is 47.5 Å². The van der Waals surface area contributed by atoms with Crippen LogP contribution in [0.4, 0.5) is 4.39 Å². The third kappa shape index (κ3) is 4.54. The second kappa shape index (κ2) is 9.01. The van der Waals surface area contributed by atoms with Crippen molar-refractivity contribution in [1.29, 1.82) is 0 Å². The summed E-state index contributed by atoms with van der Waals surface area (Å²) in [5, 5.41) is 3.62. The van der Waals surface area contributed by atoms with Crippen molar-refractivity contribution in [2.45, 2.75) is 18.6 Å². The Bertz CT molecular complexity index is 1140. The van der Waals surface area contributed by atoms with E-state index in [1.165, 1.54) is 12.1 Å². The summed E-state index contributed by atoms with van der Waals surface area (Å²) < 4.78 is 13.0. The fourth-order valence-electron chi connectivity index (χ4n) is 3.50. The van der Waals surface area contributed by atoms with E-state index < -0.39 is 23.7 Å². The monoisotopic (exact) mass is 459 g/mol. The third-order valence-corrected chi connectivity index (χ3v) is 5.48. The Morgan fingerprint density at radius 3 is 2.68 bits per heavy atom. The van der Waals surface area contributed by atoms with E-state index in [1.54, 1.807) is 42.5 Å². The molecular formula is C22H16Cl2FN3O3. The van der Waals surface area contributed by atoms with Gasteiger partial charge in [0.1, 0.15) is 12.4 Å². The lowest BCUT2D eigenvalue weighted by atomic mass is 9.80. The molecule has 9 heteroatoms. The molecule has 3 aromatic rings. The number of rotatable bonds is 5. The molecule has 6 nitrogen and oxygen atoms in total. The van der Waals surface area contributed by atoms with Gasteiger partial charge < -0.3 is 5.32 Å². The average Bonchev–Trinajstić information content (AvgIpc) is 2.75. The molecule has 2 N–H and O–H groups in total. The van der Waals surface area contributed by atoms with Crippen LogP contribution >= 0.6 is 23.2 Å². The molecular weight excluding hydrogens is 444 g/mol. The zero-order valence-electron chi connectivity index (χ0n) is 15.9. The van der Waals surface area contributed by atoms with Crippen molar-refractivity contribution in [3.63, 3.8) is 0 Å². The highest BCUT2D eigenvalue weighted by Crippen LogP contribution is 2.40. The number of fused-ring (bicyclic) bond motifs is 1. The second-order valence-electron chi connectivity index (χ2n) is 6.90. The van der Waals surface area contributed by atoms with Crippen LogP contribution in [0.1, 0.15) is 39.1 Å². The normalized spacial score (nSPS) is 17.6. The Morgan fingerprint density at radius 2 is 1.94 bits per heavy atom. The lowest BCUT2D eigenvalue weighted by Gasteiger charge is -2.33. The molecule has 0 bridgehead atoms. The summed E-state index contributed by atoms with van der Waals surface area (Å²) in [5.41, 5.74) is 4.34. The Balaban J connectivity index is 1.61. The number of halogens is 3. The van der Waals surface area contributed by atoms with E-state index in [0.29, 0.717) is 32.4 Å². The maximum absolute atomic E-state index is 13.1. The molecule has 0 spiro atoms. The minimum atomic E-state index is -0.811. The molecule has 158 valence electrons. The maximum atomic E-state index is 13.1. The van der Waals surface area contributed by atoms with Gasteiger partial charge in [0, 0.05) is 15.6 Å². The summed E-state index contributed by atoms with van der Waals surface area (Å²) >= 11 is 12.4. The molecule has 0 fully saturated rings. The number of nitrogens with one attached hydrogen (secondary N) is 2. The van der Waals surface area contributed by atoms with Crippen molar-refractivity contribution in [2.24, 2.45) is 0 Å². The zero-order valence-corrected chi connectivity index (χ0v) is 17.5. The molecule has 0 aliphatic carbocycles. The van der Waals surface area contributed by atoms with Crippen LogP contribution in [0.15, 0.2) is 60.8 Å². The minimum Gasteiger partial charge on any atom is -0.344 e. The van der Waals surface area contributed by atoms with E-state index in [2.05, 4.69) is 15.8 Å². The van der Waals surface area contributed by atoms with Crippen LogP contribution in [0.5, 0.6) is 0 Å². The van der Waals surface area contributed by atoms with Gasteiger partial charge in [-0.2, -0.15) is 0 Å². The fraction of sp³-hybridized carbons (Fsp3) is 0.136. The highest BCUT2D eigenvalue weighted by atomic mass is 35.5. The first-order valence-corrected chi connectivity index (χ1v) is 10.1. The summed E-state index contributed by atoms with van der Waals surface area (Å²) in [6.07, 6.45) is 1.06. The van der Waals surface area contributed by atoms with Crippen molar-refractivity contribution in [1.82, 2.24) is 15.8 Å². The molecule has 1 aromatic heterocycles. The molecule has 1 aliphatic rings. The molecule has 2 aromatic carbocycles. The average molecular weight is 460 g/mol. The maximum Gasteiger partial charge on any atom is 0.253 e. The standard InChI is InChI=1S/C22H16Cl2FN3O3/c23-12-5-8-17(18(24)9-12)20-19(15-3-1-2-4-16(15)21(29)27-20)22(30)28-31-11-14-7-6-13(25)10-26-14/h1-10,19-20H,11H2,(H,27,29)(H,28,30)/t19-,20+/m1/s1. The highest BCUT2D eigenvalue weighted by molar-refractivity contribution is 6.35. The smallest absolute Gasteiger partial charge is 0.253 e. The zero-order chi connectivity index (χ0) is 22.0. The number of hydroxylamine groups is 1. The predicted octanol–water partition coefficient (Wildman–Crippen LogP) is 4.34. The van der Waals surface area contributed by atoms with Crippen LogP contribution in [0, 0.1) is 5.82 Å². The lowest BCUT2D eigenvalue weighted by Crippen LogP contribution is -2.44. The summed E-state index contributed by atoms with van der Waals surface area (Å²) in [5.74, 6) is -2.07. The SMILES string of the molecule is O=C1N[C@@H](c2ccc(Cl)cc2Cl)[C@H](C(=O)NOCc2ccc(F)cn2)c2ccccc21. The highest BCUT2D eigenvalue weighted by Gasteiger charge is 2.40. The topological polar surface area (TPSA) is 80.3 Å².